The number of hydrogen-bond donors (Lipinski definition) is 1. The van der Waals surface area contributed by atoms with Crippen LogP contribution in [0.25, 0.3) is 10.9 Å². The highest BCUT2D eigenvalue weighted by molar-refractivity contribution is 6.31. The lowest BCUT2D eigenvalue weighted by molar-refractivity contribution is -0.133. The molecule has 0 aliphatic carbocycles. The second-order valence-corrected chi connectivity index (χ2v) is 8.13. The molecule has 0 amide bonds. The molecule has 2 aromatic heterocycles. The second kappa shape index (κ2) is 7.07. The Morgan fingerprint density at radius 1 is 1.28 bits per heavy atom. The number of aromatic nitrogens is 3. The average molecular weight is 414 g/mol. The second-order valence-electron chi connectivity index (χ2n) is 7.75. The lowest BCUT2D eigenvalue weighted by Gasteiger charge is -2.47. The zero-order valence-electron chi connectivity index (χ0n) is 16.2. The van der Waals surface area contributed by atoms with Gasteiger partial charge in [-0.2, -0.15) is 5.10 Å². The molecule has 0 saturated carbocycles. The maximum absolute atomic E-state index is 13.9. The molecule has 29 heavy (non-hydrogen) atoms. The quantitative estimate of drug-likeness (QED) is 0.689. The van der Waals surface area contributed by atoms with Gasteiger partial charge in [0.1, 0.15) is 5.82 Å². The molecular formula is C21H21ClFN5O. The van der Waals surface area contributed by atoms with Gasteiger partial charge in [-0.3, -0.25) is 4.98 Å². The third-order valence-corrected chi connectivity index (χ3v) is 6.09. The van der Waals surface area contributed by atoms with Crippen molar-refractivity contribution in [3.63, 3.8) is 0 Å². The van der Waals surface area contributed by atoms with E-state index < -0.39 is 5.82 Å². The Balaban J connectivity index is 1.50. The molecule has 150 valence electrons. The molecule has 3 saturated heterocycles. The molecule has 1 aromatic carbocycles. The van der Waals surface area contributed by atoms with Crippen LogP contribution in [-0.2, 0) is 4.74 Å². The van der Waals surface area contributed by atoms with Crippen LogP contribution in [0.3, 0.4) is 0 Å². The maximum atomic E-state index is 13.9. The van der Waals surface area contributed by atoms with Gasteiger partial charge in [-0.15, -0.1) is 5.10 Å². The summed E-state index contributed by atoms with van der Waals surface area (Å²) in [6, 6.07) is 6.64. The number of morpholine rings is 1. The molecule has 0 radical (unpaired) electrons. The van der Waals surface area contributed by atoms with E-state index >= 15 is 0 Å². The van der Waals surface area contributed by atoms with Gasteiger partial charge >= 0.3 is 0 Å². The number of aryl methyl sites for hydroxylation is 1. The molecule has 2 bridgehead atoms. The normalized spacial score (nSPS) is 21.7. The summed E-state index contributed by atoms with van der Waals surface area (Å²) in [5.41, 5.74) is 3.27. The average Bonchev–Trinajstić information content (AvgIpc) is 2.71. The van der Waals surface area contributed by atoms with Crippen molar-refractivity contribution in [2.24, 2.45) is 0 Å². The Kier molecular flexibility index (Phi) is 4.52. The SMILES string of the molecule is Cc1nnc(N[C@H](C)c2cccc(F)c2Cl)c2cc(N3CC4CC(C3)O4)cnc12. The fraction of sp³-hybridized carbons (Fsp3) is 0.381. The predicted molar refractivity (Wildman–Crippen MR) is 111 cm³/mol. The van der Waals surface area contributed by atoms with Crippen LogP contribution in [0, 0.1) is 12.7 Å². The van der Waals surface area contributed by atoms with Crippen molar-refractivity contribution in [2.45, 2.75) is 38.5 Å². The van der Waals surface area contributed by atoms with Crippen LogP contribution in [0.15, 0.2) is 30.5 Å². The third-order valence-electron chi connectivity index (χ3n) is 5.70. The van der Waals surface area contributed by atoms with Crippen molar-refractivity contribution in [3.8, 4) is 0 Å². The monoisotopic (exact) mass is 413 g/mol. The number of halogens is 2. The van der Waals surface area contributed by atoms with Crippen LogP contribution >= 0.6 is 11.6 Å². The molecule has 5 heterocycles. The summed E-state index contributed by atoms with van der Waals surface area (Å²) in [7, 11) is 0. The summed E-state index contributed by atoms with van der Waals surface area (Å²) >= 11 is 6.16. The van der Waals surface area contributed by atoms with Crippen molar-refractivity contribution in [1.82, 2.24) is 15.2 Å². The standard InChI is InChI=1S/C21H21ClFN5O/c1-11(16-4-3-5-18(23)19(16)22)25-21-17-6-13(8-24-20(17)12(2)26-27-21)28-9-14-7-15(10-28)29-14/h3-6,8,11,14-15H,7,9-10H2,1-2H3,(H,25,27)/t11-,14?,15?/m1/s1. The fourth-order valence-electron chi connectivity index (χ4n) is 4.13. The summed E-state index contributed by atoms with van der Waals surface area (Å²) in [5, 5.41) is 12.9. The first-order chi connectivity index (χ1) is 14.0. The Bertz CT molecular complexity index is 1080. The summed E-state index contributed by atoms with van der Waals surface area (Å²) < 4.78 is 19.6. The third kappa shape index (κ3) is 3.28. The number of ether oxygens (including phenoxy) is 1. The zero-order valence-corrected chi connectivity index (χ0v) is 16.9. The summed E-state index contributed by atoms with van der Waals surface area (Å²) in [6.07, 6.45) is 3.66. The van der Waals surface area contributed by atoms with Gasteiger partial charge in [0.15, 0.2) is 5.82 Å². The number of rotatable bonds is 4. The minimum Gasteiger partial charge on any atom is -0.371 e. The van der Waals surface area contributed by atoms with E-state index in [-0.39, 0.29) is 11.1 Å². The van der Waals surface area contributed by atoms with Crippen LogP contribution < -0.4 is 10.2 Å². The molecule has 6 rings (SSSR count). The number of nitrogens with one attached hydrogen (secondary N) is 1. The maximum Gasteiger partial charge on any atom is 0.158 e. The Morgan fingerprint density at radius 2 is 2.03 bits per heavy atom. The van der Waals surface area contributed by atoms with Crippen LogP contribution in [0.5, 0.6) is 0 Å². The lowest BCUT2D eigenvalue weighted by atomic mass is 9.98. The number of piperidine rings is 1. The molecule has 6 nitrogen and oxygen atoms in total. The molecule has 0 spiro atoms. The molecule has 3 atom stereocenters. The number of nitrogens with zero attached hydrogens (tertiary/aromatic N) is 4. The van der Waals surface area contributed by atoms with Crippen LogP contribution in [-0.4, -0.2) is 40.5 Å². The topological polar surface area (TPSA) is 63.2 Å². The number of fused-ring (bicyclic) bond motifs is 3. The molecule has 2 unspecified atom stereocenters. The van der Waals surface area contributed by atoms with Gasteiger partial charge in [0, 0.05) is 24.9 Å². The van der Waals surface area contributed by atoms with E-state index in [1.807, 2.05) is 20.0 Å². The smallest absolute Gasteiger partial charge is 0.158 e. The van der Waals surface area contributed by atoms with E-state index in [0.29, 0.717) is 23.6 Å². The molecule has 1 N–H and O–H groups in total. The Morgan fingerprint density at radius 3 is 2.79 bits per heavy atom. The molecule has 3 aliphatic heterocycles. The highest BCUT2D eigenvalue weighted by Crippen LogP contribution is 2.34. The molecule has 3 aliphatic rings. The number of anilines is 2. The van der Waals surface area contributed by atoms with Crippen LogP contribution in [0.2, 0.25) is 5.02 Å². The first kappa shape index (κ1) is 18.5. The van der Waals surface area contributed by atoms with Gasteiger partial charge in [0.25, 0.3) is 0 Å². The largest absolute Gasteiger partial charge is 0.371 e. The highest BCUT2D eigenvalue weighted by Gasteiger charge is 2.38. The van der Waals surface area contributed by atoms with E-state index in [1.54, 1.807) is 12.1 Å². The Hall–Kier alpha value is -2.51. The van der Waals surface area contributed by atoms with Crippen molar-refractivity contribution in [3.05, 3.63) is 52.6 Å². The van der Waals surface area contributed by atoms with Gasteiger partial charge in [0.05, 0.1) is 46.4 Å². The summed E-state index contributed by atoms with van der Waals surface area (Å²) in [5.74, 6) is 0.165. The van der Waals surface area contributed by atoms with Crippen molar-refractivity contribution in [1.29, 1.82) is 0 Å². The minimum atomic E-state index is -0.437. The van der Waals surface area contributed by atoms with Crippen LogP contribution in [0.4, 0.5) is 15.9 Å². The van der Waals surface area contributed by atoms with Crippen molar-refractivity contribution in [2.75, 3.05) is 23.3 Å². The van der Waals surface area contributed by atoms with Gasteiger partial charge in [-0.25, -0.2) is 4.39 Å². The van der Waals surface area contributed by atoms with E-state index in [1.165, 1.54) is 6.07 Å². The minimum absolute atomic E-state index is 0.114. The van der Waals surface area contributed by atoms with Crippen molar-refractivity contribution >= 4 is 34.0 Å². The Labute approximate surface area is 173 Å². The zero-order chi connectivity index (χ0) is 20.1. The fourth-order valence-corrected chi connectivity index (χ4v) is 4.42. The number of pyridine rings is 1. The lowest BCUT2D eigenvalue weighted by Crippen LogP contribution is -2.57. The molecule has 8 heteroatoms. The van der Waals surface area contributed by atoms with Crippen molar-refractivity contribution < 1.29 is 9.13 Å². The van der Waals surface area contributed by atoms with Gasteiger partial charge < -0.3 is 15.0 Å². The van der Waals surface area contributed by atoms with E-state index in [0.717, 1.165) is 41.8 Å². The van der Waals surface area contributed by atoms with E-state index in [4.69, 9.17) is 16.3 Å². The molecular weight excluding hydrogens is 393 g/mol. The molecule has 3 fully saturated rings. The first-order valence-electron chi connectivity index (χ1n) is 9.73. The van der Waals surface area contributed by atoms with Gasteiger partial charge in [-0.05, 0) is 31.5 Å². The molecule has 3 aromatic rings. The van der Waals surface area contributed by atoms with Gasteiger partial charge in [0.2, 0.25) is 0 Å². The van der Waals surface area contributed by atoms with Crippen LogP contribution in [0.1, 0.15) is 30.6 Å². The predicted octanol–water partition coefficient (Wildman–Crippen LogP) is 4.28. The van der Waals surface area contributed by atoms with E-state index in [2.05, 4.69) is 31.5 Å². The number of benzene rings is 1. The highest BCUT2D eigenvalue weighted by atomic mass is 35.5. The first-order valence-corrected chi connectivity index (χ1v) is 10.1. The summed E-state index contributed by atoms with van der Waals surface area (Å²) in [6.45, 7) is 5.56. The number of hydrogen-bond acceptors (Lipinski definition) is 6. The van der Waals surface area contributed by atoms with E-state index in [9.17, 15) is 4.39 Å². The van der Waals surface area contributed by atoms with Gasteiger partial charge in [-0.1, -0.05) is 23.7 Å². The summed E-state index contributed by atoms with van der Waals surface area (Å²) in [4.78, 5) is 6.96.